The lowest BCUT2D eigenvalue weighted by atomic mass is 9.72. The van der Waals surface area contributed by atoms with Crippen molar-refractivity contribution in [2.45, 2.75) is 52.9 Å². The van der Waals surface area contributed by atoms with Crippen LogP contribution >= 0.6 is 11.3 Å². The van der Waals surface area contributed by atoms with Gasteiger partial charge in [0.05, 0.1) is 18.6 Å². The lowest BCUT2D eigenvalue weighted by Crippen LogP contribution is -2.27. The van der Waals surface area contributed by atoms with Gasteiger partial charge in [0.1, 0.15) is 10.8 Å². The fourth-order valence-corrected chi connectivity index (χ4v) is 6.02. The predicted molar refractivity (Wildman–Crippen MR) is 135 cm³/mol. The smallest absolute Gasteiger partial charge is 0.251 e. The fraction of sp³-hybridized carbons (Fsp3) is 0.407. The van der Waals surface area contributed by atoms with Crippen LogP contribution in [0, 0.1) is 11.3 Å². The monoisotopic (exact) mass is 464 g/mol. The normalized spacial score (nSPS) is 16.8. The zero-order chi connectivity index (χ0) is 23.9. The number of anilines is 1. The maximum atomic E-state index is 13.2. The van der Waals surface area contributed by atoms with Crippen molar-refractivity contribution in [3.05, 3.63) is 58.0 Å². The van der Waals surface area contributed by atoms with Gasteiger partial charge in [-0.1, -0.05) is 45.0 Å². The van der Waals surface area contributed by atoms with Gasteiger partial charge in [-0.05, 0) is 71.6 Å². The zero-order valence-electron chi connectivity index (χ0n) is 20.0. The molecule has 6 heteroatoms. The van der Waals surface area contributed by atoms with Crippen LogP contribution in [0.5, 0.6) is 5.75 Å². The maximum Gasteiger partial charge on any atom is 0.251 e. The van der Waals surface area contributed by atoms with Gasteiger partial charge in [-0.3, -0.25) is 9.59 Å². The van der Waals surface area contributed by atoms with Crippen LogP contribution in [-0.2, 0) is 17.6 Å². The highest BCUT2D eigenvalue weighted by atomic mass is 32.1. The van der Waals surface area contributed by atoms with Gasteiger partial charge in [0.15, 0.2) is 0 Å². The van der Waals surface area contributed by atoms with Gasteiger partial charge in [0.2, 0.25) is 5.91 Å². The van der Waals surface area contributed by atoms with E-state index in [1.165, 1.54) is 16.2 Å². The minimum Gasteiger partial charge on any atom is -0.497 e. The lowest BCUT2D eigenvalue weighted by Gasteiger charge is -2.33. The summed E-state index contributed by atoms with van der Waals surface area (Å²) in [6.07, 6.45) is 2.77. The van der Waals surface area contributed by atoms with Gasteiger partial charge in [-0.2, -0.15) is 0 Å². The second kappa shape index (κ2) is 8.82. The number of benzene rings is 2. The Balaban J connectivity index is 1.59. The van der Waals surface area contributed by atoms with Crippen LogP contribution in [0.4, 0.5) is 5.00 Å². The molecule has 0 saturated carbocycles. The van der Waals surface area contributed by atoms with Crippen molar-refractivity contribution in [1.82, 2.24) is 0 Å². The van der Waals surface area contributed by atoms with Crippen LogP contribution in [-0.4, -0.2) is 18.9 Å². The first-order valence-corrected chi connectivity index (χ1v) is 12.2. The Kier molecular flexibility index (Phi) is 6.23. The fourth-order valence-electron chi connectivity index (χ4n) is 4.68. The number of nitrogens with two attached hydrogens (primary N) is 1. The van der Waals surface area contributed by atoms with Gasteiger partial charge < -0.3 is 15.8 Å². The van der Waals surface area contributed by atoms with Gasteiger partial charge in [-0.25, -0.2) is 0 Å². The van der Waals surface area contributed by atoms with E-state index < -0.39 is 5.91 Å². The molecule has 0 fully saturated rings. The number of hydrogen-bond donors (Lipinski definition) is 2. The van der Waals surface area contributed by atoms with E-state index in [9.17, 15) is 9.59 Å². The first-order chi connectivity index (χ1) is 15.6. The minimum absolute atomic E-state index is 0.142. The average Bonchev–Trinajstić information content (AvgIpc) is 3.14. The first-order valence-electron chi connectivity index (χ1n) is 11.4. The van der Waals surface area contributed by atoms with Crippen LogP contribution in [0.3, 0.4) is 0 Å². The molecule has 0 spiro atoms. The van der Waals surface area contributed by atoms with Crippen LogP contribution in [0.2, 0.25) is 0 Å². The molecule has 0 radical (unpaired) electrons. The Bertz CT molecular complexity index is 1220. The quantitative estimate of drug-likeness (QED) is 0.493. The van der Waals surface area contributed by atoms with E-state index in [4.69, 9.17) is 10.5 Å². The highest BCUT2D eigenvalue weighted by Crippen LogP contribution is 2.44. The number of fused-ring (bicyclic) bond motifs is 2. The number of carbonyl (C=O) groups excluding carboxylic acids is 2. The highest BCUT2D eigenvalue weighted by molar-refractivity contribution is 7.17. The zero-order valence-corrected chi connectivity index (χ0v) is 20.8. The van der Waals surface area contributed by atoms with Gasteiger partial charge in [0.25, 0.3) is 5.91 Å². The Morgan fingerprint density at radius 1 is 1.15 bits per heavy atom. The van der Waals surface area contributed by atoms with Crippen molar-refractivity contribution >= 4 is 38.9 Å². The Hall–Kier alpha value is -2.86. The number of hydrogen-bond acceptors (Lipinski definition) is 4. The van der Waals surface area contributed by atoms with E-state index >= 15 is 0 Å². The molecule has 3 aromatic rings. The second-order valence-electron chi connectivity index (χ2n) is 10.1. The molecule has 33 heavy (non-hydrogen) atoms. The molecule has 0 aliphatic heterocycles. The molecule has 1 heterocycles. The summed E-state index contributed by atoms with van der Waals surface area (Å²) < 4.78 is 5.29. The summed E-state index contributed by atoms with van der Waals surface area (Å²) in [5.41, 5.74) is 8.39. The van der Waals surface area contributed by atoms with E-state index in [0.717, 1.165) is 46.9 Å². The molecule has 2 amide bonds. The Morgan fingerprint density at radius 3 is 2.52 bits per heavy atom. The van der Waals surface area contributed by atoms with Gasteiger partial charge in [-0.15, -0.1) is 11.3 Å². The molecule has 4 rings (SSSR count). The topological polar surface area (TPSA) is 81.4 Å². The van der Waals surface area contributed by atoms with E-state index in [-0.39, 0.29) is 17.2 Å². The predicted octanol–water partition coefficient (Wildman–Crippen LogP) is 5.90. The molecule has 3 N–H and O–H groups in total. The number of methoxy groups -OCH3 is 1. The molecule has 174 valence electrons. The third kappa shape index (κ3) is 4.62. The van der Waals surface area contributed by atoms with Crippen molar-refractivity contribution in [2.24, 2.45) is 17.1 Å². The molecule has 5 nitrogen and oxygen atoms in total. The third-order valence-electron chi connectivity index (χ3n) is 6.94. The molecular weight excluding hydrogens is 432 g/mol. The second-order valence-corrected chi connectivity index (χ2v) is 11.2. The number of amides is 2. The summed E-state index contributed by atoms with van der Waals surface area (Å²) in [7, 11) is 1.65. The summed E-state index contributed by atoms with van der Waals surface area (Å²) in [6.45, 7) is 8.66. The van der Waals surface area contributed by atoms with Gasteiger partial charge in [0, 0.05) is 4.88 Å². The van der Waals surface area contributed by atoms with Crippen molar-refractivity contribution in [2.75, 3.05) is 12.4 Å². The summed E-state index contributed by atoms with van der Waals surface area (Å²) in [5.74, 6) is 0.359. The summed E-state index contributed by atoms with van der Waals surface area (Å²) in [6, 6.07) is 11.9. The van der Waals surface area contributed by atoms with Crippen LogP contribution < -0.4 is 15.8 Å². The Morgan fingerprint density at radius 2 is 1.85 bits per heavy atom. The molecule has 1 aliphatic carbocycles. The first kappa shape index (κ1) is 23.3. The van der Waals surface area contributed by atoms with Crippen LogP contribution in [0.1, 0.15) is 66.4 Å². The number of nitrogens with one attached hydrogen (secondary N) is 1. The average molecular weight is 465 g/mol. The molecule has 0 unspecified atom stereocenters. The van der Waals surface area contributed by atoms with E-state index in [1.807, 2.05) is 43.3 Å². The van der Waals surface area contributed by atoms with E-state index in [2.05, 4.69) is 26.1 Å². The number of rotatable bonds is 5. The molecule has 1 aliphatic rings. The number of carbonyl (C=O) groups is 2. The number of primary amides is 1. The molecule has 2 aromatic carbocycles. The number of thiophene rings is 1. The van der Waals surface area contributed by atoms with Crippen molar-refractivity contribution in [1.29, 1.82) is 0 Å². The number of ether oxygens (including phenoxy) is 1. The SMILES string of the molecule is COc1ccc2cc([C@@H](C)C(=O)Nc3sc4c(c3C(N)=O)CC[C@H](C(C)(C)C)C4)ccc2c1. The van der Waals surface area contributed by atoms with Crippen molar-refractivity contribution < 1.29 is 14.3 Å². The van der Waals surface area contributed by atoms with Crippen molar-refractivity contribution in [3.8, 4) is 5.75 Å². The van der Waals surface area contributed by atoms with Gasteiger partial charge >= 0.3 is 0 Å². The van der Waals surface area contributed by atoms with Crippen LogP contribution in [0.15, 0.2) is 36.4 Å². The third-order valence-corrected chi connectivity index (χ3v) is 8.11. The Labute approximate surface area is 199 Å². The maximum absolute atomic E-state index is 13.2. The molecular formula is C27H32N2O3S. The van der Waals surface area contributed by atoms with Crippen LogP contribution in [0.25, 0.3) is 10.8 Å². The van der Waals surface area contributed by atoms with Crippen molar-refractivity contribution in [3.63, 3.8) is 0 Å². The molecule has 1 aromatic heterocycles. The largest absolute Gasteiger partial charge is 0.497 e. The summed E-state index contributed by atoms with van der Waals surface area (Å²) >= 11 is 1.51. The summed E-state index contributed by atoms with van der Waals surface area (Å²) in [4.78, 5) is 26.7. The van der Waals surface area contributed by atoms with E-state index in [1.54, 1.807) is 7.11 Å². The summed E-state index contributed by atoms with van der Waals surface area (Å²) in [5, 5.41) is 5.72. The molecule has 0 saturated heterocycles. The standard InChI is InChI=1S/C27H32N2O3S/c1-15(16-6-7-18-13-20(32-5)10-8-17(18)12-16)25(31)29-26-23(24(28)30)21-11-9-19(27(2,3)4)14-22(21)33-26/h6-8,10,12-13,15,19H,9,11,14H2,1-5H3,(H2,28,30)(H,29,31)/t15-,19+/m1/s1. The highest BCUT2D eigenvalue weighted by Gasteiger charge is 2.33. The molecule has 2 atom stereocenters. The molecule has 0 bridgehead atoms. The van der Waals surface area contributed by atoms with E-state index in [0.29, 0.717) is 16.5 Å². The lowest BCUT2D eigenvalue weighted by molar-refractivity contribution is -0.117. The minimum atomic E-state index is -0.468.